The lowest BCUT2D eigenvalue weighted by atomic mass is 10.2. The topological polar surface area (TPSA) is 54.6 Å². The average molecular weight is 294 g/mol. The van der Waals surface area contributed by atoms with Gasteiger partial charge in [0.25, 0.3) is 0 Å². The summed E-state index contributed by atoms with van der Waals surface area (Å²) in [7, 11) is 4.17. The van der Waals surface area contributed by atoms with Crippen molar-refractivity contribution in [1.82, 2.24) is 9.88 Å². The maximum atomic E-state index is 5.94. The number of nitrogens with two attached hydrogens (primary N) is 1. The predicted octanol–water partition coefficient (Wildman–Crippen LogP) is 2.48. The number of hydrogen-bond acceptors (Lipinski definition) is 5. The summed E-state index contributed by atoms with van der Waals surface area (Å²) in [5, 5.41) is 0. The van der Waals surface area contributed by atoms with Gasteiger partial charge in [-0.1, -0.05) is 20.8 Å². The molecule has 0 aliphatic carbocycles. The molecule has 21 heavy (non-hydrogen) atoms. The Labute approximate surface area is 129 Å². The van der Waals surface area contributed by atoms with Crippen molar-refractivity contribution in [3.63, 3.8) is 0 Å². The van der Waals surface area contributed by atoms with Gasteiger partial charge in [0, 0.05) is 19.6 Å². The van der Waals surface area contributed by atoms with Crippen LogP contribution in [0, 0.1) is 5.92 Å². The van der Waals surface area contributed by atoms with Crippen LogP contribution in [0.3, 0.4) is 0 Å². The maximum absolute atomic E-state index is 5.94. The third-order valence-electron chi connectivity index (χ3n) is 3.04. The van der Waals surface area contributed by atoms with E-state index in [2.05, 4.69) is 49.7 Å². The minimum absolute atomic E-state index is 0.549. The molecule has 0 aromatic carbocycles. The summed E-state index contributed by atoms with van der Waals surface area (Å²) in [5.41, 5.74) is 6.54. The maximum Gasteiger partial charge on any atom is 0.239 e. The van der Waals surface area contributed by atoms with E-state index >= 15 is 0 Å². The number of nitrogen functional groups attached to an aromatic ring is 1. The number of anilines is 2. The van der Waals surface area contributed by atoms with Crippen LogP contribution in [0.1, 0.15) is 27.2 Å². The molecule has 1 rings (SSSR count). The van der Waals surface area contributed by atoms with Crippen molar-refractivity contribution in [3.05, 3.63) is 12.1 Å². The summed E-state index contributed by atoms with van der Waals surface area (Å²) in [6.07, 6.45) is 0.946. The fourth-order valence-corrected chi connectivity index (χ4v) is 1.99. The van der Waals surface area contributed by atoms with Gasteiger partial charge in [-0.3, -0.25) is 0 Å². The van der Waals surface area contributed by atoms with Crippen molar-refractivity contribution in [2.24, 2.45) is 5.92 Å². The zero-order valence-corrected chi connectivity index (χ0v) is 14.1. The molecule has 0 amide bonds. The number of pyridine rings is 1. The molecule has 120 valence electrons. The number of nitrogens with zero attached hydrogens (tertiary/aromatic N) is 3. The van der Waals surface area contributed by atoms with E-state index in [0.717, 1.165) is 31.9 Å². The van der Waals surface area contributed by atoms with Crippen LogP contribution < -0.4 is 15.4 Å². The van der Waals surface area contributed by atoms with Crippen molar-refractivity contribution < 1.29 is 4.74 Å². The minimum atomic E-state index is 0.549. The summed E-state index contributed by atoms with van der Waals surface area (Å²) < 4.78 is 5.63. The van der Waals surface area contributed by atoms with Gasteiger partial charge in [0.15, 0.2) is 0 Å². The standard InChI is InChI=1S/C16H30N4O/c1-6-11-21-16-14(17)7-8-15(18-16)20(12-13(2)3)10-9-19(4)5/h7-8,13H,6,9-12,17H2,1-5H3. The van der Waals surface area contributed by atoms with Crippen molar-refractivity contribution in [2.75, 3.05) is 51.0 Å². The van der Waals surface area contributed by atoms with Gasteiger partial charge in [-0.15, -0.1) is 0 Å². The SMILES string of the molecule is CCCOc1nc(N(CCN(C)C)CC(C)C)ccc1N. The molecule has 0 fully saturated rings. The second-order valence-corrected chi connectivity index (χ2v) is 6.06. The van der Waals surface area contributed by atoms with Crippen LogP contribution in [0.15, 0.2) is 12.1 Å². The second kappa shape index (κ2) is 8.72. The predicted molar refractivity (Wildman–Crippen MR) is 90.0 cm³/mol. The molecule has 5 heteroatoms. The number of rotatable bonds is 9. The highest BCUT2D eigenvalue weighted by molar-refractivity contribution is 5.54. The Morgan fingerprint density at radius 2 is 1.95 bits per heavy atom. The van der Waals surface area contributed by atoms with E-state index in [0.29, 0.717) is 24.1 Å². The van der Waals surface area contributed by atoms with Gasteiger partial charge in [-0.25, -0.2) is 0 Å². The van der Waals surface area contributed by atoms with E-state index in [1.165, 1.54) is 0 Å². The summed E-state index contributed by atoms with van der Waals surface area (Å²) in [6.45, 7) is 10.0. The van der Waals surface area contributed by atoms with Crippen LogP contribution >= 0.6 is 0 Å². The number of likely N-dealkylation sites (N-methyl/N-ethyl adjacent to an activating group) is 1. The molecule has 2 N–H and O–H groups in total. The molecule has 0 bridgehead atoms. The normalized spacial score (nSPS) is 11.2. The van der Waals surface area contributed by atoms with Crippen molar-refractivity contribution in [1.29, 1.82) is 0 Å². The lowest BCUT2D eigenvalue weighted by molar-refractivity contribution is 0.307. The van der Waals surface area contributed by atoms with E-state index in [4.69, 9.17) is 10.5 Å². The first-order chi connectivity index (χ1) is 9.93. The Morgan fingerprint density at radius 3 is 2.52 bits per heavy atom. The highest BCUT2D eigenvalue weighted by Crippen LogP contribution is 2.23. The molecular weight excluding hydrogens is 264 g/mol. The van der Waals surface area contributed by atoms with E-state index < -0.39 is 0 Å². The number of hydrogen-bond donors (Lipinski definition) is 1. The Bertz CT molecular complexity index is 421. The zero-order valence-electron chi connectivity index (χ0n) is 14.1. The van der Waals surface area contributed by atoms with E-state index in [1.807, 2.05) is 12.1 Å². The Hall–Kier alpha value is -1.49. The molecule has 0 atom stereocenters. The smallest absolute Gasteiger partial charge is 0.239 e. The molecule has 1 aromatic rings. The van der Waals surface area contributed by atoms with Crippen molar-refractivity contribution in [2.45, 2.75) is 27.2 Å². The van der Waals surface area contributed by atoms with Crippen LogP contribution in [0.2, 0.25) is 0 Å². The molecule has 1 aromatic heterocycles. The van der Waals surface area contributed by atoms with E-state index in [9.17, 15) is 0 Å². The van der Waals surface area contributed by atoms with Crippen molar-refractivity contribution in [3.8, 4) is 5.88 Å². The molecule has 0 aliphatic heterocycles. The molecule has 0 unspecified atom stereocenters. The van der Waals surface area contributed by atoms with Gasteiger partial charge in [0.05, 0.1) is 12.3 Å². The zero-order chi connectivity index (χ0) is 15.8. The quantitative estimate of drug-likeness (QED) is 0.758. The van der Waals surface area contributed by atoms with Gasteiger partial charge >= 0.3 is 0 Å². The lowest BCUT2D eigenvalue weighted by Crippen LogP contribution is -2.35. The first-order valence-corrected chi connectivity index (χ1v) is 7.73. The fourth-order valence-electron chi connectivity index (χ4n) is 1.99. The average Bonchev–Trinajstić information content (AvgIpc) is 2.42. The molecule has 0 aliphatic rings. The van der Waals surface area contributed by atoms with Crippen LogP contribution in [0.25, 0.3) is 0 Å². The molecule has 5 nitrogen and oxygen atoms in total. The van der Waals surface area contributed by atoms with Crippen LogP contribution in [0.5, 0.6) is 5.88 Å². The van der Waals surface area contributed by atoms with Crippen LogP contribution in [0.4, 0.5) is 11.5 Å². The first kappa shape index (κ1) is 17.6. The minimum Gasteiger partial charge on any atom is -0.476 e. The molecule has 0 saturated heterocycles. The third-order valence-corrected chi connectivity index (χ3v) is 3.04. The van der Waals surface area contributed by atoms with Crippen molar-refractivity contribution >= 4 is 11.5 Å². The highest BCUT2D eigenvalue weighted by Gasteiger charge is 2.13. The van der Waals surface area contributed by atoms with E-state index in [-0.39, 0.29) is 0 Å². The van der Waals surface area contributed by atoms with Gasteiger partial charge in [0.2, 0.25) is 5.88 Å². The highest BCUT2D eigenvalue weighted by atomic mass is 16.5. The van der Waals surface area contributed by atoms with Crippen LogP contribution in [-0.2, 0) is 0 Å². The third kappa shape index (κ3) is 6.21. The number of aromatic nitrogens is 1. The second-order valence-electron chi connectivity index (χ2n) is 6.06. The van der Waals surface area contributed by atoms with Gasteiger partial charge in [-0.05, 0) is 38.6 Å². The van der Waals surface area contributed by atoms with Crippen LogP contribution in [-0.4, -0.2) is 50.2 Å². The summed E-state index contributed by atoms with van der Waals surface area (Å²) >= 11 is 0. The van der Waals surface area contributed by atoms with E-state index in [1.54, 1.807) is 0 Å². The molecule has 0 spiro atoms. The molecular formula is C16H30N4O. The molecule has 0 radical (unpaired) electrons. The Kier molecular flexibility index (Phi) is 7.29. The Balaban J connectivity index is 2.89. The summed E-state index contributed by atoms with van der Waals surface area (Å²) in [5.74, 6) is 2.06. The fraction of sp³-hybridized carbons (Fsp3) is 0.688. The van der Waals surface area contributed by atoms with Gasteiger partial charge < -0.3 is 20.3 Å². The summed E-state index contributed by atoms with van der Waals surface area (Å²) in [6, 6.07) is 3.86. The summed E-state index contributed by atoms with van der Waals surface area (Å²) in [4.78, 5) is 9.08. The molecule has 1 heterocycles. The van der Waals surface area contributed by atoms with Gasteiger partial charge in [-0.2, -0.15) is 4.98 Å². The monoisotopic (exact) mass is 294 g/mol. The Morgan fingerprint density at radius 1 is 1.24 bits per heavy atom. The number of ether oxygens (including phenoxy) is 1. The largest absolute Gasteiger partial charge is 0.476 e. The van der Waals surface area contributed by atoms with Gasteiger partial charge in [0.1, 0.15) is 5.82 Å². The lowest BCUT2D eigenvalue weighted by Gasteiger charge is -2.27. The first-order valence-electron chi connectivity index (χ1n) is 7.73. The molecule has 0 saturated carbocycles.